The van der Waals surface area contributed by atoms with Gasteiger partial charge in [0.2, 0.25) is 5.91 Å². The van der Waals surface area contributed by atoms with E-state index in [4.69, 9.17) is 0 Å². The quantitative estimate of drug-likeness (QED) is 0.631. The topological polar surface area (TPSA) is 44.4 Å². The molecule has 1 unspecified atom stereocenters. The molecule has 2 fully saturated rings. The second kappa shape index (κ2) is 3.51. The Morgan fingerprint density at radius 2 is 2.29 bits per heavy atom. The standard InChI is InChI=1S/C10H19N3O/c1-10(4-3-5-11-10)9(14)12-8-6-13(2)7-8/h8,11H,3-7H2,1-2H3,(H,12,14). The summed E-state index contributed by atoms with van der Waals surface area (Å²) in [6.07, 6.45) is 2.07. The number of likely N-dealkylation sites (tertiary alicyclic amines) is 1. The number of rotatable bonds is 2. The normalized spacial score (nSPS) is 34.1. The first-order valence-electron chi connectivity index (χ1n) is 5.35. The molecule has 1 atom stereocenters. The Morgan fingerprint density at radius 3 is 2.79 bits per heavy atom. The van der Waals surface area contributed by atoms with E-state index in [1.807, 2.05) is 6.92 Å². The SMILES string of the molecule is CN1CC(NC(=O)C2(C)CCCN2)C1. The Kier molecular flexibility index (Phi) is 2.49. The first kappa shape index (κ1) is 9.93. The van der Waals surface area contributed by atoms with Crippen LogP contribution in [-0.4, -0.2) is 49.1 Å². The summed E-state index contributed by atoms with van der Waals surface area (Å²) in [5.74, 6) is 0.174. The number of amides is 1. The monoisotopic (exact) mass is 197 g/mol. The average molecular weight is 197 g/mol. The van der Waals surface area contributed by atoms with E-state index < -0.39 is 0 Å². The van der Waals surface area contributed by atoms with Crippen LogP contribution in [0.5, 0.6) is 0 Å². The van der Waals surface area contributed by atoms with Gasteiger partial charge in [-0.25, -0.2) is 0 Å². The van der Waals surface area contributed by atoms with Crippen molar-refractivity contribution >= 4 is 5.91 Å². The lowest BCUT2D eigenvalue weighted by Crippen LogP contribution is -2.62. The lowest BCUT2D eigenvalue weighted by Gasteiger charge is -2.38. The molecule has 0 aliphatic carbocycles. The summed E-state index contributed by atoms with van der Waals surface area (Å²) in [6.45, 7) is 4.94. The summed E-state index contributed by atoms with van der Waals surface area (Å²) in [6, 6.07) is 0.367. The van der Waals surface area contributed by atoms with E-state index in [2.05, 4.69) is 22.6 Å². The summed E-state index contributed by atoms with van der Waals surface area (Å²) < 4.78 is 0. The highest BCUT2D eigenvalue weighted by molar-refractivity contribution is 5.86. The van der Waals surface area contributed by atoms with E-state index >= 15 is 0 Å². The minimum atomic E-state index is -0.311. The zero-order chi connectivity index (χ0) is 10.2. The van der Waals surface area contributed by atoms with Gasteiger partial charge < -0.3 is 15.5 Å². The second-order valence-corrected chi connectivity index (χ2v) is 4.75. The van der Waals surface area contributed by atoms with Crippen LogP contribution in [0.4, 0.5) is 0 Å². The number of carbonyl (C=O) groups excluding carboxylic acids is 1. The van der Waals surface area contributed by atoms with Crippen molar-refractivity contribution in [3.63, 3.8) is 0 Å². The molecule has 80 valence electrons. The Morgan fingerprint density at radius 1 is 1.57 bits per heavy atom. The molecule has 14 heavy (non-hydrogen) atoms. The fraction of sp³-hybridized carbons (Fsp3) is 0.900. The van der Waals surface area contributed by atoms with Gasteiger partial charge in [-0.15, -0.1) is 0 Å². The Hall–Kier alpha value is -0.610. The van der Waals surface area contributed by atoms with Crippen molar-refractivity contribution in [3.8, 4) is 0 Å². The summed E-state index contributed by atoms with van der Waals surface area (Å²) in [5.41, 5.74) is -0.311. The zero-order valence-electron chi connectivity index (χ0n) is 8.97. The van der Waals surface area contributed by atoms with Crippen LogP contribution in [0.15, 0.2) is 0 Å². The van der Waals surface area contributed by atoms with Gasteiger partial charge in [-0.05, 0) is 33.4 Å². The summed E-state index contributed by atoms with van der Waals surface area (Å²) in [4.78, 5) is 14.1. The summed E-state index contributed by atoms with van der Waals surface area (Å²) in [7, 11) is 2.07. The van der Waals surface area contributed by atoms with E-state index in [1.165, 1.54) is 0 Å². The van der Waals surface area contributed by atoms with Crippen molar-refractivity contribution in [2.75, 3.05) is 26.7 Å². The van der Waals surface area contributed by atoms with Gasteiger partial charge in [0.05, 0.1) is 11.6 Å². The molecular weight excluding hydrogens is 178 g/mol. The lowest BCUT2D eigenvalue weighted by atomic mass is 9.98. The van der Waals surface area contributed by atoms with Crippen LogP contribution in [-0.2, 0) is 4.79 Å². The fourth-order valence-electron chi connectivity index (χ4n) is 2.22. The van der Waals surface area contributed by atoms with Crippen molar-refractivity contribution in [3.05, 3.63) is 0 Å². The van der Waals surface area contributed by atoms with Gasteiger partial charge >= 0.3 is 0 Å². The van der Waals surface area contributed by atoms with Crippen LogP contribution < -0.4 is 10.6 Å². The van der Waals surface area contributed by atoms with Gasteiger partial charge in [0.15, 0.2) is 0 Å². The third kappa shape index (κ3) is 1.77. The molecule has 2 saturated heterocycles. The van der Waals surface area contributed by atoms with Crippen molar-refractivity contribution in [1.82, 2.24) is 15.5 Å². The van der Waals surface area contributed by atoms with Crippen molar-refractivity contribution in [1.29, 1.82) is 0 Å². The molecule has 4 heteroatoms. The third-order valence-corrected chi connectivity index (χ3v) is 3.27. The van der Waals surface area contributed by atoms with Gasteiger partial charge in [0, 0.05) is 13.1 Å². The Labute approximate surface area is 85.0 Å². The van der Waals surface area contributed by atoms with Crippen LogP contribution >= 0.6 is 0 Å². The maximum atomic E-state index is 11.9. The highest BCUT2D eigenvalue weighted by Crippen LogP contribution is 2.19. The highest BCUT2D eigenvalue weighted by Gasteiger charge is 2.38. The number of hydrogen-bond donors (Lipinski definition) is 2. The van der Waals surface area contributed by atoms with Crippen LogP contribution in [0.2, 0.25) is 0 Å². The summed E-state index contributed by atoms with van der Waals surface area (Å²) in [5, 5.41) is 6.36. The highest BCUT2D eigenvalue weighted by atomic mass is 16.2. The molecule has 2 heterocycles. The van der Waals surface area contributed by atoms with Crippen molar-refractivity contribution < 1.29 is 4.79 Å². The molecule has 2 aliphatic heterocycles. The number of likely N-dealkylation sites (N-methyl/N-ethyl adjacent to an activating group) is 1. The van der Waals surface area contributed by atoms with E-state index in [1.54, 1.807) is 0 Å². The predicted octanol–water partition coefficient (Wildman–Crippen LogP) is -0.441. The van der Waals surface area contributed by atoms with Gasteiger partial charge in [-0.1, -0.05) is 0 Å². The Bertz CT molecular complexity index is 230. The molecule has 2 rings (SSSR count). The van der Waals surface area contributed by atoms with E-state index in [0.29, 0.717) is 6.04 Å². The van der Waals surface area contributed by atoms with Crippen LogP contribution in [0.3, 0.4) is 0 Å². The number of nitrogens with one attached hydrogen (secondary N) is 2. The smallest absolute Gasteiger partial charge is 0.240 e. The van der Waals surface area contributed by atoms with Crippen LogP contribution in [0.1, 0.15) is 19.8 Å². The number of nitrogens with zero attached hydrogens (tertiary/aromatic N) is 1. The molecule has 0 aromatic heterocycles. The zero-order valence-corrected chi connectivity index (χ0v) is 8.97. The van der Waals surface area contributed by atoms with E-state index in [9.17, 15) is 4.79 Å². The number of hydrogen-bond acceptors (Lipinski definition) is 3. The molecular formula is C10H19N3O. The van der Waals surface area contributed by atoms with Gasteiger partial charge in [0.1, 0.15) is 0 Å². The first-order chi connectivity index (χ1) is 6.60. The molecule has 0 spiro atoms. The van der Waals surface area contributed by atoms with Crippen molar-refractivity contribution in [2.24, 2.45) is 0 Å². The Balaban J connectivity index is 1.83. The third-order valence-electron chi connectivity index (χ3n) is 3.27. The minimum Gasteiger partial charge on any atom is -0.349 e. The fourth-order valence-corrected chi connectivity index (χ4v) is 2.22. The number of carbonyl (C=O) groups is 1. The molecule has 0 aromatic carbocycles. The molecule has 0 aromatic rings. The van der Waals surface area contributed by atoms with Crippen LogP contribution in [0.25, 0.3) is 0 Å². The van der Waals surface area contributed by atoms with E-state index in [-0.39, 0.29) is 11.4 Å². The van der Waals surface area contributed by atoms with Crippen LogP contribution in [0, 0.1) is 0 Å². The largest absolute Gasteiger partial charge is 0.349 e. The maximum Gasteiger partial charge on any atom is 0.240 e. The molecule has 0 bridgehead atoms. The average Bonchev–Trinajstić information content (AvgIpc) is 2.51. The predicted molar refractivity (Wildman–Crippen MR) is 55.1 cm³/mol. The van der Waals surface area contributed by atoms with Gasteiger partial charge in [0.25, 0.3) is 0 Å². The molecule has 1 amide bonds. The van der Waals surface area contributed by atoms with E-state index in [0.717, 1.165) is 32.5 Å². The minimum absolute atomic E-state index is 0.174. The summed E-state index contributed by atoms with van der Waals surface area (Å²) >= 11 is 0. The van der Waals surface area contributed by atoms with Gasteiger partial charge in [-0.2, -0.15) is 0 Å². The van der Waals surface area contributed by atoms with Gasteiger partial charge in [-0.3, -0.25) is 4.79 Å². The maximum absolute atomic E-state index is 11.9. The molecule has 4 nitrogen and oxygen atoms in total. The lowest BCUT2D eigenvalue weighted by molar-refractivity contribution is -0.128. The first-order valence-corrected chi connectivity index (χ1v) is 5.35. The second-order valence-electron chi connectivity index (χ2n) is 4.75. The van der Waals surface area contributed by atoms with Crippen molar-refractivity contribution in [2.45, 2.75) is 31.3 Å². The molecule has 0 radical (unpaired) electrons. The molecule has 0 saturated carbocycles. The molecule has 2 N–H and O–H groups in total. The molecule has 2 aliphatic rings.